The second kappa shape index (κ2) is 8.73. The summed E-state index contributed by atoms with van der Waals surface area (Å²) in [5.74, 6) is 0.0436. The summed E-state index contributed by atoms with van der Waals surface area (Å²) in [6, 6.07) is 17.4. The molecule has 192 valence electrons. The molecule has 3 fully saturated rings. The Bertz CT molecular complexity index is 1510. The van der Waals surface area contributed by atoms with Gasteiger partial charge in [-0.05, 0) is 58.7 Å². The fourth-order valence-electron chi connectivity index (χ4n) is 6.67. The molecular weight excluding hydrogens is 494 g/mol. The van der Waals surface area contributed by atoms with Gasteiger partial charge in [-0.15, -0.1) is 0 Å². The second-order valence-electron chi connectivity index (χ2n) is 12.3. The first-order valence-corrected chi connectivity index (χ1v) is 14.8. The zero-order valence-electron chi connectivity index (χ0n) is 22.5. The molecular formula is C26H31B4N3O4S. The first-order valence-electron chi connectivity index (χ1n) is 13.3. The molecule has 6 rings (SSSR count). The molecule has 2 aromatic carbocycles. The Hall–Kier alpha value is -2.55. The van der Waals surface area contributed by atoms with Crippen molar-refractivity contribution in [2.24, 2.45) is 0 Å². The Morgan fingerprint density at radius 3 is 2.21 bits per heavy atom. The molecule has 3 aliphatic rings. The van der Waals surface area contributed by atoms with Gasteiger partial charge in [-0.25, -0.2) is 8.42 Å². The Balaban J connectivity index is 1.27. The lowest BCUT2D eigenvalue weighted by Crippen LogP contribution is -2.73. The standard InChI is InChI=1S/C26H31B4N3O4S/c27-25(28)15-32(16-26(29,30)24(25)14-33(20-7-8-20)23(34)13-37-24)38(35,36)21-9-5-17(6-10-21)19-4-3-18-2-1-11-31-22(18)12-19/h1-6,9-12,20H,7-8,13-16,27-30H2. The van der Waals surface area contributed by atoms with Crippen LogP contribution in [0.15, 0.2) is 65.7 Å². The van der Waals surface area contributed by atoms with Crippen molar-refractivity contribution in [3.8, 4) is 11.1 Å². The second-order valence-corrected chi connectivity index (χ2v) is 14.3. The molecule has 1 amide bonds. The highest BCUT2D eigenvalue weighted by Crippen LogP contribution is 2.56. The summed E-state index contributed by atoms with van der Waals surface area (Å²) in [6.45, 7) is 1.22. The predicted octanol–water partition coefficient (Wildman–Crippen LogP) is -0.569. The van der Waals surface area contributed by atoms with Gasteiger partial charge < -0.3 is 9.64 Å². The van der Waals surface area contributed by atoms with E-state index < -0.39 is 26.1 Å². The van der Waals surface area contributed by atoms with Crippen molar-refractivity contribution in [1.29, 1.82) is 0 Å². The minimum Gasteiger partial charge on any atom is -0.365 e. The first kappa shape index (κ1) is 25.7. The molecule has 1 saturated carbocycles. The van der Waals surface area contributed by atoms with Crippen molar-refractivity contribution in [2.75, 3.05) is 26.2 Å². The maximum absolute atomic E-state index is 13.9. The number of nitrogens with zero attached hydrogens (tertiary/aromatic N) is 3. The SMILES string of the molecule is BC1(B)CN(S(=O)(=O)c2ccc(-c3ccc4cccnc4c3)cc2)CC(B)(B)C12CN(C1CC1)C(=O)CO2. The summed E-state index contributed by atoms with van der Waals surface area (Å²) >= 11 is 0. The van der Waals surface area contributed by atoms with E-state index in [-0.39, 0.29) is 17.4 Å². The lowest BCUT2D eigenvalue weighted by Gasteiger charge is -2.64. The molecule has 38 heavy (non-hydrogen) atoms. The van der Waals surface area contributed by atoms with Crippen molar-refractivity contribution in [1.82, 2.24) is 14.2 Å². The number of carbonyl (C=O) groups is 1. The molecule has 12 heteroatoms. The van der Waals surface area contributed by atoms with E-state index in [1.54, 1.807) is 22.6 Å². The van der Waals surface area contributed by atoms with Crippen LogP contribution in [0.3, 0.4) is 0 Å². The zero-order valence-corrected chi connectivity index (χ0v) is 23.3. The summed E-state index contributed by atoms with van der Waals surface area (Å²) in [6.07, 6.45) is 3.84. The number of carbonyl (C=O) groups excluding carboxylic acids is 1. The Morgan fingerprint density at radius 1 is 0.895 bits per heavy atom. The summed E-state index contributed by atoms with van der Waals surface area (Å²) in [5.41, 5.74) is 2.21. The number of rotatable bonds is 4. The molecule has 1 aliphatic carbocycles. The number of piperidine rings is 1. The smallest absolute Gasteiger partial charge is 0.248 e. The molecule has 0 N–H and O–H groups in total. The topological polar surface area (TPSA) is 79.8 Å². The largest absolute Gasteiger partial charge is 0.365 e. The third-order valence-electron chi connectivity index (χ3n) is 8.90. The van der Waals surface area contributed by atoms with Crippen molar-refractivity contribution in [3.05, 3.63) is 60.8 Å². The van der Waals surface area contributed by atoms with Crippen molar-refractivity contribution >= 4 is 58.2 Å². The molecule has 2 saturated heterocycles. The average molecular weight is 525 g/mol. The normalized spacial score (nSPS) is 23.1. The van der Waals surface area contributed by atoms with E-state index in [4.69, 9.17) is 4.74 Å². The molecule has 0 unspecified atom stereocenters. The van der Waals surface area contributed by atoms with Gasteiger partial charge in [-0.2, -0.15) is 4.31 Å². The number of sulfonamides is 1. The van der Waals surface area contributed by atoms with Crippen LogP contribution in [-0.4, -0.2) is 97.8 Å². The summed E-state index contributed by atoms with van der Waals surface area (Å²) in [7, 11) is 4.57. The van der Waals surface area contributed by atoms with E-state index in [0.717, 1.165) is 34.9 Å². The lowest BCUT2D eigenvalue weighted by atomic mass is 9.31. The van der Waals surface area contributed by atoms with Crippen LogP contribution in [-0.2, 0) is 19.6 Å². The van der Waals surface area contributed by atoms with E-state index >= 15 is 0 Å². The lowest BCUT2D eigenvalue weighted by molar-refractivity contribution is -0.176. The minimum atomic E-state index is -3.74. The summed E-state index contributed by atoms with van der Waals surface area (Å²) in [5, 5.41) is 0.0524. The van der Waals surface area contributed by atoms with Gasteiger partial charge in [0, 0.05) is 37.3 Å². The molecule has 3 aromatic rings. The Morgan fingerprint density at radius 2 is 1.55 bits per heavy atom. The van der Waals surface area contributed by atoms with Crippen LogP contribution in [0, 0.1) is 0 Å². The molecule has 0 atom stereocenters. The number of ether oxygens (including phenoxy) is 1. The highest BCUT2D eigenvalue weighted by atomic mass is 32.2. The summed E-state index contributed by atoms with van der Waals surface area (Å²) < 4.78 is 35.8. The fourth-order valence-corrected chi connectivity index (χ4v) is 8.44. The first-order chi connectivity index (χ1) is 17.9. The molecule has 2 aliphatic heterocycles. The monoisotopic (exact) mass is 525 g/mol. The van der Waals surface area contributed by atoms with Crippen LogP contribution < -0.4 is 0 Å². The number of hydrogen-bond acceptors (Lipinski definition) is 5. The van der Waals surface area contributed by atoms with E-state index in [1.165, 1.54) is 0 Å². The van der Waals surface area contributed by atoms with Gasteiger partial charge in [0.25, 0.3) is 0 Å². The van der Waals surface area contributed by atoms with E-state index in [0.29, 0.717) is 25.7 Å². The van der Waals surface area contributed by atoms with Crippen LogP contribution in [0.5, 0.6) is 0 Å². The van der Waals surface area contributed by atoms with Gasteiger partial charge in [0.1, 0.15) is 38.0 Å². The molecule has 3 heterocycles. The maximum atomic E-state index is 13.9. The highest BCUT2D eigenvalue weighted by molar-refractivity contribution is 7.89. The average Bonchev–Trinajstić information content (AvgIpc) is 3.73. The number of aromatic nitrogens is 1. The van der Waals surface area contributed by atoms with Crippen molar-refractivity contribution in [3.63, 3.8) is 0 Å². The number of amides is 1. The van der Waals surface area contributed by atoms with Gasteiger partial charge in [-0.1, -0.05) is 30.3 Å². The molecule has 0 radical (unpaired) electrons. The van der Waals surface area contributed by atoms with Gasteiger partial charge in [0.15, 0.2) is 0 Å². The zero-order chi connectivity index (χ0) is 26.9. The van der Waals surface area contributed by atoms with Crippen LogP contribution in [0.2, 0.25) is 10.4 Å². The molecule has 1 spiro atoms. The highest BCUT2D eigenvalue weighted by Gasteiger charge is 2.63. The minimum absolute atomic E-state index is 0.0436. The molecule has 0 bridgehead atoms. The number of hydrogen-bond donors (Lipinski definition) is 0. The van der Waals surface area contributed by atoms with Crippen molar-refractivity contribution < 1.29 is 17.9 Å². The van der Waals surface area contributed by atoms with Crippen LogP contribution in [0.1, 0.15) is 12.8 Å². The fraction of sp³-hybridized carbons (Fsp3) is 0.385. The third-order valence-corrected chi connectivity index (χ3v) is 10.7. The number of pyridine rings is 1. The summed E-state index contributed by atoms with van der Waals surface area (Å²) in [4.78, 5) is 19.3. The third kappa shape index (κ3) is 4.03. The number of benzene rings is 2. The van der Waals surface area contributed by atoms with Crippen LogP contribution >= 0.6 is 0 Å². The van der Waals surface area contributed by atoms with Crippen LogP contribution in [0.25, 0.3) is 22.0 Å². The number of fused-ring (bicyclic) bond motifs is 1. The Labute approximate surface area is 228 Å². The predicted molar refractivity (Wildman–Crippen MR) is 159 cm³/mol. The van der Waals surface area contributed by atoms with Gasteiger partial charge in [0.2, 0.25) is 15.9 Å². The molecule has 7 nitrogen and oxygen atoms in total. The number of morpholine rings is 1. The van der Waals surface area contributed by atoms with Gasteiger partial charge >= 0.3 is 0 Å². The maximum Gasteiger partial charge on any atom is 0.248 e. The van der Waals surface area contributed by atoms with E-state index in [2.05, 4.69) is 36.4 Å². The molecule has 1 aromatic heterocycles. The van der Waals surface area contributed by atoms with E-state index in [9.17, 15) is 13.2 Å². The van der Waals surface area contributed by atoms with Crippen LogP contribution in [0.4, 0.5) is 0 Å². The quantitative estimate of drug-likeness (QED) is 0.427. The van der Waals surface area contributed by atoms with Crippen molar-refractivity contribution in [2.45, 2.75) is 39.8 Å². The Kier molecular flexibility index (Phi) is 5.91. The van der Waals surface area contributed by atoms with Gasteiger partial charge in [-0.3, -0.25) is 9.78 Å². The van der Waals surface area contributed by atoms with Gasteiger partial charge in [0.05, 0.1) is 16.0 Å². The van der Waals surface area contributed by atoms with E-state index in [1.807, 2.05) is 47.4 Å².